The third kappa shape index (κ3) is 3.57. The molecule has 3 rings (SSSR count). The molecule has 0 aliphatic rings. The third-order valence-electron chi connectivity index (χ3n) is 4.03. The van der Waals surface area contributed by atoms with Gasteiger partial charge in [-0.05, 0) is 30.7 Å². The molecule has 0 aliphatic carbocycles. The monoisotopic (exact) mass is 339 g/mol. The Hall–Kier alpha value is -3.02. The number of amides is 1. The summed E-state index contributed by atoms with van der Waals surface area (Å²) in [7, 11) is 3.07. The molecule has 130 valence electrons. The van der Waals surface area contributed by atoms with Crippen molar-refractivity contribution in [3.63, 3.8) is 0 Å². The summed E-state index contributed by atoms with van der Waals surface area (Å²) < 4.78 is 12.6. The summed E-state index contributed by atoms with van der Waals surface area (Å²) in [6, 6.07) is 11.3. The first-order valence-corrected chi connectivity index (χ1v) is 8.14. The normalized spacial score (nSPS) is 10.6. The van der Waals surface area contributed by atoms with Crippen LogP contribution in [0.4, 0.5) is 0 Å². The predicted molar refractivity (Wildman–Crippen MR) is 95.4 cm³/mol. The van der Waals surface area contributed by atoms with Gasteiger partial charge in [0, 0.05) is 19.2 Å². The van der Waals surface area contributed by atoms with E-state index in [4.69, 9.17) is 9.47 Å². The lowest BCUT2D eigenvalue weighted by molar-refractivity contribution is 0.0947. The second-order valence-corrected chi connectivity index (χ2v) is 5.57. The van der Waals surface area contributed by atoms with Gasteiger partial charge in [0.15, 0.2) is 0 Å². The third-order valence-corrected chi connectivity index (χ3v) is 4.03. The fourth-order valence-electron chi connectivity index (χ4n) is 2.80. The van der Waals surface area contributed by atoms with Gasteiger partial charge in [0.2, 0.25) is 0 Å². The molecule has 0 radical (unpaired) electrons. The summed E-state index contributed by atoms with van der Waals surface area (Å²) in [5.41, 5.74) is 1.49. The van der Waals surface area contributed by atoms with E-state index in [0.29, 0.717) is 23.6 Å². The molecule has 0 spiro atoms. The fourth-order valence-corrected chi connectivity index (χ4v) is 2.80. The summed E-state index contributed by atoms with van der Waals surface area (Å²) in [6.07, 6.45) is 5.42. The predicted octanol–water partition coefficient (Wildman–Crippen LogP) is 2.71. The number of nitrogens with zero attached hydrogens (tertiary/aromatic N) is 2. The van der Waals surface area contributed by atoms with Crippen molar-refractivity contribution < 1.29 is 14.3 Å². The molecule has 0 fully saturated rings. The molecular formula is C19H21N3O3. The van der Waals surface area contributed by atoms with E-state index in [-0.39, 0.29) is 5.91 Å². The van der Waals surface area contributed by atoms with Crippen molar-refractivity contribution in [3.05, 3.63) is 60.2 Å². The largest absolute Gasteiger partial charge is 0.496 e. The first-order chi connectivity index (χ1) is 12.2. The minimum atomic E-state index is -0.206. The van der Waals surface area contributed by atoms with Crippen molar-refractivity contribution in [1.29, 1.82) is 0 Å². The average Bonchev–Trinajstić information content (AvgIpc) is 3.07. The second-order valence-electron chi connectivity index (χ2n) is 5.57. The number of rotatable bonds is 7. The topological polar surface area (TPSA) is 64.9 Å². The number of aryl methyl sites for hydroxylation is 1. The quantitative estimate of drug-likeness (QED) is 0.672. The van der Waals surface area contributed by atoms with Gasteiger partial charge in [0.1, 0.15) is 22.9 Å². The Morgan fingerprint density at radius 1 is 1.12 bits per heavy atom. The maximum atomic E-state index is 12.5. The number of carbonyl (C=O) groups excluding carboxylic acids is 1. The van der Waals surface area contributed by atoms with E-state index in [0.717, 1.165) is 24.2 Å². The summed E-state index contributed by atoms with van der Waals surface area (Å²) in [5.74, 6) is 1.77. The zero-order chi connectivity index (χ0) is 17.6. The summed E-state index contributed by atoms with van der Waals surface area (Å²) >= 11 is 0. The summed E-state index contributed by atoms with van der Waals surface area (Å²) in [5, 5.41) is 2.92. The zero-order valence-corrected chi connectivity index (χ0v) is 14.4. The molecule has 6 heteroatoms. The highest BCUT2D eigenvalue weighted by Gasteiger charge is 2.17. The molecule has 2 heterocycles. The lowest BCUT2D eigenvalue weighted by atomic mass is 10.1. The lowest BCUT2D eigenvalue weighted by Crippen LogP contribution is -2.26. The molecular weight excluding hydrogens is 318 g/mol. The number of hydrogen-bond acceptors (Lipinski definition) is 4. The van der Waals surface area contributed by atoms with Crippen LogP contribution in [0.25, 0.3) is 5.52 Å². The lowest BCUT2D eigenvalue weighted by Gasteiger charge is -2.12. The molecule has 0 aliphatic heterocycles. The van der Waals surface area contributed by atoms with Crippen LogP contribution in [0.15, 0.2) is 48.8 Å². The van der Waals surface area contributed by atoms with E-state index in [2.05, 4.69) is 14.7 Å². The number of hydrogen-bond donors (Lipinski definition) is 1. The Morgan fingerprint density at radius 3 is 2.60 bits per heavy atom. The molecule has 2 aromatic heterocycles. The van der Waals surface area contributed by atoms with Crippen molar-refractivity contribution in [1.82, 2.24) is 14.7 Å². The number of methoxy groups -OCH3 is 2. The molecule has 1 amide bonds. The van der Waals surface area contributed by atoms with Gasteiger partial charge in [0.05, 0.1) is 25.9 Å². The molecule has 0 unspecified atom stereocenters. The van der Waals surface area contributed by atoms with Crippen LogP contribution in [0, 0.1) is 0 Å². The summed E-state index contributed by atoms with van der Waals surface area (Å²) in [4.78, 5) is 16.9. The Bertz CT molecular complexity index is 851. The van der Waals surface area contributed by atoms with Gasteiger partial charge in [0.25, 0.3) is 5.91 Å². The number of nitrogens with one attached hydrogen (secondary N) is 1. The van der Waals surface area contributed by atoms with E-state index in [9.17, 15) is 4.79 Å². The van der Waals surface area contributed by atoms with Crippen LogP contribution in [0.2, 0.25) is 0 Å². The SMILES string of the molecule is COc1cccc(OC)c1C(=O)NCCCc1ncc2ccccn12. The van der Waals surface area contributed by atoms with E-state index in [1.54, 1.807) is 18.2 Å². The van der Waals surface area contributed by atoms with Crippen molar-refractivity contribution >= 4 is 11.4 Å². The number of benzene rings is 1. The highest BCUT2D eigenvalue weighted by molar-refractivity contribution is 5.99. The van der Waals surface area contributed by atoms with E-state index in [1.165, 1.54) is 14.2 Å². The molecule has 1 N–H and O–H groups in total. The van der Waals surface area contributed by atoms with Crippen molar-refractivity contribution in [2.24, 2.45) is 0 Å². The van der Waals surface area contributed by atoms with Crippen LogP contribution in [-0.2, 0) is 6.42 Å². The van der Waals surface area contributed by atoms with Gasteiger partial charge in [-0.3, -0.25) is 4.79 Å². The number of aromatic nitrogens is 2. The highest BCUT2D eigenvalue weighted by Crippen LogP contribution is 2.27. The van der Waals surface area contributed by atoms with Crippen LogP contribution in [0.5, 0.6) is 11.5 Å². The van der Waals surface area contributed by atoms with Crippen LogP contribution in [-0.4, -0.2) is 36.1 Å². The van der Waals surface area contributed by atoms with Gasteiger partial charge >= 0.3 is 0 Å². The number of ether oxygens (including phenoxy) is 2. The maximum absolute atomic E-state index is 12.5. The number of fused-ring (bicyclic) bond motifs is 1. The second kappa shape index (κ2) is 7.70. The molecule has 6 nitrogen and oxygen atoms in total. The average molecular weight is 339 g/mol. The standard InChI is InChI=1S/C19H21N3O3/c1-24-15-8-5-9-16(25-2)18(15)19(23)20-11-6-10-17-21-13-14-7-3-4-12-22(14)17/h3-5,7-9,12-13H,6,10-11H2,1-2H3,(H,20,23). The fraction of sp³-hybridized carbons (Fsp3) is 0.263. The van der Waals surface area contributed by atoms with Gasteiger partial charge in [-0.1, -0.05) is 12.1 Å². The van der Waals surface area contributed by atoms with Crippen molar-refractivity contribution in [2.45, 2.75) is 12.8 Å². The van der Waals surface area contributed by atoms with Crippen LogP contribution in [0.3, 0.4) is 0 Å². The van der Waals surface area contributed by atoms with Crippen molar-refractivity contribution in [3.8, 4) is 11.5 Å². The van der Waals surface area contributed by atoms with Crippen molar-refractivity contribution in [2.75, 3.05) is 20.8 Å². The van der Waals surface area contributed by atoms with Gasteiger partial charge in [-0.25, -0.2) is 4.98 Å². The highest BCUT2D eigenvalue weighted by atomic mass is 16.5. The number of imidazole rings is 1. The first-order valence-electron chi connectivity index (χ1n) is 8.14. The Morgan fingerprint density at radius 2 is 1.88 bits per heavy atom. The molecule has 0 saturated carbocycles. The Kier molecular flexibility index (Phi) is 5.18. The van der Waals surface area contributed by atoms with Gasteiger partial charge in [-0.15, -0.1) is 0 Å². The van der Waals surface area contributed by atoms with Crippen LogP contribution >= 0.6 is 0 Å². The minimum absolute atomic E-state index is 0.206. The summed E-state index contributed by atoms with van der Waals surface area (Å²) in [6.45, 7) is 0.543. The molecule has 0 atom stereocenters. The van der Waals surface area contributed by atoms with E-state index >= 15 is 0 Å². The molecule has 0 saturated heterocycles. The number of carbonyl (C=O) groups is 1. The van der Waals surface area contributed by atoms with Gasteiger partial charge in [-0.2, -0.15) is 0 Å². The first kappa shape index (κ1) is 16.8. The van der Waals surface area contributed by atoms with E-state index in [1.807, 2.05) is 30.6 Å². The minimum Gasteiger partial charge on any atom is -0.496 e. The molecule has 0 bridgehead atoms. The maximum Gasteiger partial charge on any atom is 0.258 e. The van der Waals surface area contributed by atoms with Crippen LogP contribution in [0.1, 0.15) is 22.6 Å². The zero-order valence-electron chi connectivity index (χ0n) is 14.4. The Labute approximate surface area is 146 Å². The number of pyridine rings is 1. The molecule has 25 heavy (non-hydrogen) atoms. The Balaban J connectivity index is 1.60. The van der Waals surface area contributed by atoms with Gasteiger partial charge < -0.3 is 19.2 Å². The molecule has 3 aromatic rings. The molecule has 1 aromatic carbocycles. The van der Waals surface area contributed by atoms with Crippen LogP contribution < -0.4 is 14.8 Å². The van der Waals surface area contributed by atoms with E-state index < -0.39 is 0 Å². The smallest absolute Gasteiger partial charge is 0.258 e.